The lowest BCUT2D eigenvalue weighted by atomic mass is 9.95. The number of allylic oxidation sites excluding steroid dienone is 1. The van der Waals surface area contributed by atoms with E-state index in [-0.39, 0.29) is 42.7 Å². The predicted octanol–water partition coefficient (Wildman–Crippen LogP) is 4.90. The zero-order chi connectivity index (χ0) is 33.2. The Morgan fingerprint density at radius 1 is 1.00 bits per heavy atom. The van der Waals surface area contributed by atoms with E-state index in [0.29, 0.717) is 32.8 Å². The topological polar surface area (TPSA) is 146 Å². The molecular formula is C32H32BrFN4O8. The number of methoxy groups -OCH3 is 2. The van der Waals surface area contributed by atoms with Gasteiger partial charge in [-0.05, 0) is 77.3 Å². The van der Waals surface area contributed by atoms with Crippen LogP contribution in [-0.4, -0.2) is 51.6 Å². The molecule has 3 aromatic rings. The molecule has 0 radical (unpaired) electrons. The van der Waals surface area contributed by atoms with Gasteiger partial charge in [0, 0.05) is 15.7 Å². The number of nitrogens with zero attached hydrogens (tertiary/aromatic N) is 1. The monoisotopic (exact) mass is 698 g/mol. The van der Waals surface area contributed by atoms with Crippen LogP contribution in [0.1, 0.15) is 36.6 Å². The van der Waals surface area contributed by atoms with Crippen molar-refractivity contribution in [3.8, 4) is 23.0 Å². The summed E-state index contributed by atoms with van der Waals surface area (Å²) >= 11 is 3.47. The predicted molar refractivity (Wildman–Crippen MR) is 169 cm³/mol. The number of hydrogen-bond acceptors (Lipinski definition) is 9. The first-order chi connectivity index (χ1) is 22.1. The third kappa shape index (κ3) is 8.53. The molecule has 0 spiro atoms. The van der Waals surface area contributed by atoms with E-state index in [9.17, 15) is 18.8 Å². The minimum Gasteiger partial charge on any atom is -0.493 e. The van der Waals surface area contributed by atoms with Crippen LogP contribution in [-0.2, 0) is 20.9 Å². The molecule has 1 heterocycles. The maximum atomic E-state index is 13.2. The number of halogens is 2. The second-order valence-electron chi connectivity index (χ2n) is 9.72. The molecule has 1 aliphatic heterocycles. The SMILES string of the molecule is CCOC(=O)C1=C(C)NC(=O)N[C@@H]1c1ccc(OCC(=O)N/N=C\c2cc(OC)c(OCc3ccc(F)cc3)cc2Br)c(OC)c1. The van der Waals surface area contributed by atoms with E-state index in [1.54, 1.807) is 56.3 Å². The summed E-state index contributed by atoms with van der Waals surface area (Å²) in [4.78, 5) is 37.3. The number of hydrazone groups is 1. The molecule has 0 fully saturated rings. The number of rotatable bonds is 13. The van der Waals surface area contributed by atoms with Crippen LogP contribution in [0.4, 0.5) is 9.18 Å². The van der Waals surface area contributed by atoms with Crippen molar-refractivity contribution in [2.45, 2.75) is 26.5 Å². The number of nitrogens with one attached hydrogen (secondary N) is 3. The average molecular weight is 700 g/mol. The van der Waals surface area contributed by atoms with Crippen molar-refractivity contribution in [2.24, 2.45) is 5.10 Å². The highest BCUT2D eigenvalue weighted by molar-refractivity contribution is 9.10. The number of esters is 1. The molecule has 46 heavy (non-hydrogen) atoms. The number of carbonyl (C=O) groups excluding carboxylic acids is 3. The van der Waals surface area contributed by atoms with Crippen molar-refractivity contribution in [2.75, 3.05) is 27.4 Å². The summed E-state index contributed by atoms with van der Waals surface area (Å²) in [7, 11) is 2.92. The number of benzene rings is 3. The summed E-state index contributed by atoms with van der Waals surface area (Å²) in [6, 6.07) is 12.9. The van der Waals surface area contributed by atoms with Gasteiger partial charge in [-0.1, -0.05) is 18.2 Å². The van der Waals surface area contributed by atoms with Gasteiger partial charge in [-0.25, -0.2) is 19.4 Å². The Kier molecular flexibility index (Phi) is 11.6. The van der Waals surface area contributed by atoms with Gasteiger partial charge in [0.2, 0.25) is 0 Å². The fraction of sp³-hybridized carbons (Fsp3) is 0.250. The molecule has 0 bridgehead atoms. The van der Waals surface area contributed by atoms with E-state index in [1.165, 1.54) is 32.6 Å². The normalized spacial score (nSPS) is 14.3. The van der Waals surface area contributed by atoms with Crippen molar-refractivity contribution in [1.82, 2.24) is 16.1 Å². The first kappa shape index (κ1) is 33.8. The van der Waals surface area contributed by atoms with E-state index in [4.69, 9.17) is 23.7 Å². The molecule has 14 heteroatoms. The van der Waals surface area contributed by atoms with E-state index < -0.39 is 23.9 Å². The Bertz CT molecular complexity index is 1660. The summed E-state index contributed by atoms with van der Waals surface area (Å²) < 4.78 is 41.3. The van der Waals surface area contributed by atoms with Crippen LogP contribution in [0.5, 0.6) is 23.0 Å². The Morgan fingerprint density at radius 2 is 1.72 bits per heavy atom. The Labute approximate surface area is 273 Å². The maximum absolute atomic E-state index is 13.2. The van der Waals surface area contributed by atoms with Gasteiger partial charge in [0.1, 0.15) is 12.4 Å². The Morgan fingerprint density at radius 3 is 2.41 bits per heavy atom. The Hall–Kier alpha value is -5.11. The number of amides is 3. The zero-order valence-electron chi connectivity index (χ0n) is 25.4. The van der Waals surface area contributed by atoms with Crippen LogP contribution in [0.3, 0.4) is 0 Å². The molecule has 12 nitrogen and oxygen atoms in total. The van der Waals surface area contributed by atoms with Crippen molar-refractivity contribution in [1.29, 1.82) is 0 Å². The molecule has 0 unspecified atom stereocenters. The molecule has 1 aliphatic rings. The molecule has 0 saturated carbocycles. The van der Waals surface area contributed by atoms with Crippen LogP contribution >= 0.6 is 15.9 Å². The third-order valence-electron chi connectivity index (χ3n) is 6.63. The van der Waals surface area contributed by atoms with Gasteiger partial charge in [0.05, 0.1) is 38.7 Å². The standard InChI is InChI=1S/C32H32BrFN4O8/c1-5-44-31(40)29-18(2)36-32(41)37-30(29)20-8-11-24(25(12-20)42-3)46-17-28(39)38-35-15-21-13-26(43-4)27(14-23(21)33)45-16-19-6-9-22(34)10-7-19/h6-15,30H,5,16-17H2,1-4H3,(H,38,39)(H2,36,37,41)/b35-15-/t30-/m1/s1. The summed E-state index contributed by atoms with van der Waals surface area (Å²) in [6.45, 7) is 3.30. The molecule has 0 aromatic heterocycles. The highest BCUT2D eigenvalue weighted by Crippen LogP contribution is 2.35. The smallest absolute Gasteiger partial charge is 0.338 e. The third-order valence-corrected chi connectivity index (χ3v) is 7.31. The Balaban J connectivity index is 1.37. The molecule has 3 aromatic carbocycles. The fourth-order valence-electron chi connectivity index (χ4n) is 4.42. The minimum atomic E-state index is -0.790. The van der Waals surface area contributed by atoms with Gasteiger partial charge < -0.3 is 34.3 Å². The molecule has 0 aliphatic carbocycles. The molecular weight excluding hydrogens is 667 g/mol. The van der Waals surface area contributed by atoms with Crippen molar-refractivity contribution >= 4 is 40.1 Å². The number of carbonyl (C=O) groups is 3. The summed E-state index contributed by atoms with van der Waals surface area (Å²) in [5, 5.41) is 9.31. The zero-order valence-corrected chi connectivity index (χ0v) is 27.0. The van der Waals surface area contributed by atoms with Gasteiger partial charge in [-0.2, -0.15) is 5.10 Å². The molecule has 0 saturated heterocycles. The van der Waals surface area contributed by atoms with Crippen molar-refractivity contribution < 1.29 is 42.5 Å². The lowest BCUT2D eigenvalue weighted by molar-refractivity contribution is -0.139. The van der Waals surface area contributed by atoms with Crippen LogP contribution in [0.25, 0.3) is 0 Å². The van der Waals surface area contributed by atoms with Crippen LogP contribution in [0.15, 0.2) is 75.4 Å². The fourth-order valence-corrected chi connectivity index (χ4v) is 4.84. The second kappa shape index (κ2) is 15.8. The molecule has 3 N–H and O–H groups in total. The summed E-state index contributed by atoms with van der Waals surface area (Å²) in [6.07, 6.45) is 1.42. The van der Waals surface area contributed by atoms with Crippen LogP contribution in [0.2, 0.25) is 0 Å². The van der Waals surface area contributed by atoms with Gasteiger partial charge in [-0.15, -0.1) is 0 Å². The van der Waals surface area contributed by atoms with Gasteiger partial charge in [-0.3, -0.25) is 4.79 Å². The minimum absolute atomic E-state index is 0.172. The highest BCUT2D eigenvalue weighted by atomic mass is 79.9. The number of ether oxygens (including phenoxy) is 5. The van der Waals surface area contributed by atoms with Crippen molar-refractivity contribution in [3.05, 3.63) is 92.8 Å². The summed E-state index contributed by atoms with van der Waals surface area (Å²) in [5.41, 5.74) is 4.96. The molecule has 1 atom stereocenters. The second-order valence-corrected chi connectivity index (χ2v) is 10.6. The van der Waals surface area contributed by atoms with Gasteiger partial charge in [0.15, 0.2) is 29.6 Å². The number of hydrogen-bond donors (Lipinski definition) is 3. The highest BCUT2D eigenvalue weighted by Gasteiger charge is 2.32. The van der Waals surface area contributed by atoms with E-state index in [1.807, 2.05) is 0 Å². The quantitative estimate of drug-likeness (QED) is 0.130. The van der Waals surface area contributed by atoms with E-state index in [0.717, 1.165) is 5.56 Å². The maximum Gasteiger partial charge on any atom is 0.338 e. The van der Waals surface area contributed by atoms with Gasteiger partial charge >= 0.3 is 12.0 Å². The number of urea groups is 1. The first-order valence-electron chi connectivity index (χ1n) is 14.0. The molecule has 4 rings (SSSR count). The van der Waals surface area contributed by atoms with E-state index in [2.05, 4.69) is 37.1 Å². The van der Waals surface area contributed by atoms with E-state index >= 15 is 0 Å². The lowest BCUT2D eigenvalue weighted by Gasteiger charge is -2.28. The largest absolute Gasteiger partial charge is 0.493 e. The van der Waals surface area contributed by atoms with Crippen LogP contribution < -0.4 is 35.0 Å². The molecule has 242 valence electrons. The molecule has 3 amide bonds. The van der Waals surface area contributed by atoms with Gasteiger partial charge in [0.25, 0.3) is 5.91 Å². The average Bonchev–Trinajstić information content (AvgIpc) is 3.03. The van der Waals surface area contributed by atoms with Crippen LogP contribution in [0, 0.1) is 5.82 Å². The lowest BCUT2D eigenvalue weighted by Crippen LogP contribution is -2.45. The first-order valence-corrected chi connectivity index (χ1v) is 14.8. The summed E-state index contributed by atoms with van der Waals surface area (Å²) in [5.74, 6) is -0.0117. The van der Waals surface area contributed by atoms with Crippen molar-refractivity contribution in [3.63, 3.8) is 0 Å².